The second-order valence-electron chi connectivity index (χ2n) is 4.15. The molecule has 0 atom stereocenters. The van der Waals surface area contributed by atoms with Crippen LogP contribution in [-0.4, -0.2) is 23.6 Å². The van der Waals surface area contributed by atoms with Gasteiger partial charge in [-0.15, -0.1) is 0 Å². The number of hydrogen-bond acceptors (Lipinski definition) is 5. The van der Waals surface area contributed by atoms with Crippen molar-refractivity contribution >= 4 is 17.6 Å². The molecule has 0 aliphatic carbocycles. The fourth-order valence-corrected chi connectivity index (χ4v) is 2.50. The lowest BCUT2D eigenvalue weighted by atomic mass is 10.3. The minimum absolute atomic E-state index is 0.263. The van der Waals surface area contributed by atoms with Gasteiger partial charge in [-0.2, -0.15) is 0 Å². The van der Waals surface area contributed by atoms with Crippen LogP contribution in [0, 0.1) is 11.6 Å². The second-order valence-corrected chi connectivity index (χ2v) is 5.21. The SMILES string of the molecule is CCNc1cc(Sc2ccc(F)cc2F)nc(COC)n1. The molecule has 0 saturated heterocycles. The zero-order valence-corrected chi connectivity index (χ0v) is 12.5. The summed E-state index contributed by atoms with van der Waals surface area (Å²) in [5.74, 6) is -0.0737. The maximum Gasteiger partial charge on any atom is 0.157 e. The molecule has 1 aromatic carbocycles. The van der Waals surface area contributed by atoms with E-state index in [4.69, 9.17) is 4.74 Å². The molecule has 1 N–H and O–H groups in total. The van der Waals surface area contributed by atoms with Gasteiger partial charge in [0.15, 0.2) is 5.82 Å². The van der Waals surface area contributed by atoms with E-state index in [2.05, 4.69) is 15.3 Å². The average Bonchev–Trinajstić information content (AvgIpc) is 2.42. The first-order chi connectivity index (χ1) is 10.1. The van der Waals surface area contributed by atoms with Crippen LogP contribution in [0.3, 0.4) is 0 Å². The van der Waals surface area contributed by atoms with Gasteiger partial charge in [0.25, 0.3) is 0 Å². The Morgan fingerprint density at radius 2 is 2.05 bits per heavy atom. The Balaban J connectivity index is 2.29. The van der Waals surface area contributed by atoms with Crippen LogP contribution in [-0.2, 0) is 11.3 Å². The molecule has 0 aliphatic heterocycles. The van der Waals surface area contributed by atoms with E-state index in [-0.39, 0.29) is 6.61 Å². The summed E-state index contributed by atoms with van der Waals surface area (Å²) >= 11 is 1.11. The van der Waals surface area contributed by atoms with Crippen LogP contribution >= 0.6 is 11.8 Å². The van der Waals surface area contributed by atoms with E-state index in [9.17, 15) is 8.78 Å². The maximum atomic E-state index is 13.7. The summed E-state index contributed by atoms with van der Waals surface area (Å²) in [6.45, 7) is 2.92. The fraction of sp³-hybridized carbons (Fsp3) is 0.286. The molecule has 0 saturated carbocycles. The van der Waals surface area contributed by atoms with Crippen LogP contribution in [0.25, 0.3) is 0 Å². The predicted molar refractivity (Wildman–Crippen MR) is 77.4 cm³/mol. The number of halogens is 2. The number of rotatable bonds is 6. The Bertz CT molecular complexity index is 601. The number of nitrogens with one attached hydrogen (secondary N) is 1. The molecule has 0 fully saturated rings. The number of anilines is 1. The molecular weight excluding hydrogens is 296 g/mol. The highest BCUT2D eigenvalue weighted by molar-refractivity contribution is 7.99. The molecule has 2 aromatic rings. The minimum atomic E-state index is -0.614. The van der Waals surface area contributed by atoms with E-state index >= 15 is 0 Å². The molecular formula is C14H15F2N3OS. The summed E-state index contributed by atoms with van der Waals surface area (Å²) in [7, 11) is 1.55. The Kier molecular flexibility index (Phi) is 5.46. The maximum absolute atomic E-state index is 13.7. The van der Waals surface area contributed by atoms with Crippen molar-refractivity contribution in [2.24, 2.45) is 0 Å². The molecule has 0 aliphatic rings. The highest BCUT2D eigenvalue weighted by Gasteiger charge is 2.10. The summed E-state index contributed by atoms with van der Waals surface area (Å²) in [5, 5.41) is 3.65. The highest BCUT2D eigenvalue weighted by Crippen LogP contribution is 2.30. The molecule has 1 aromatic heterocycles. The van der Waals surface area contributed by atoms with Crippen molar-refractivity contribution in [1.82, 2.24) is 9.97 Å². The van der Waals surface area contributed by atoms with Gasteiger partial charge in [-0.3, -0.25) is 0 Å². The molecule has 4 nitrogen and oxygen atoms in total. The second kappa shape index (κ2) is 7.33. The first kappa shape index (κ1) is 15.7. The standard InChI is InChI=1S/C14H15F2N3OS/c1-3-17-12-7-14(19-13(18-12)8-20-2)21-11-5-4-9(15)6-10(11)16/h4-7H,3,8H2,1-2H3,(H,17,18,19). The van der Waals surface area contributed by atoms with Gasteiger partial charge >= 0.3 is 0 Å². The lowest BCUT2D eigenvalue weighted by Crippen LogP contribution is -2.05. The molecule has 2 rings (SSSR count). The van der Waals surface area contributed by atoms with E-state index in [0.29, 0.717) is 28.1 Å². The Hall–Kier alpha value is -1.73. The van der Waals surface area contributed by atoms with Crippen molar-refractivity contribution in [3.63, 3.8) is 0 Å². The number of benzene rings is 1. The predicted octanol–water partition coefficient (Wildman–Crippen LogP) is 3.48. The molecule has 0 amide bonds. The van der Waals surface area contributed by atoms with Crippen molar-refractivity contribution in [1.29, 1.82) is 0 Å². The third-order valence-corrected chi connectivity index (χ3v) is 3.46. The van der Waals surface area contributed by atoms with Crippen LogP contribution in [0.4, 0.5) is 14.6 Å². The monoisotopic (exact) mass is 311 g/mol. The smallest absolute Gasteiger partial charge is 0.157 e. The molecule has 112 valence electrons. The van der Waals surface area contributed by atoms with Crippen molar-refractivity contribution < 1.29 is 13.5 Å². The van der Waals surface area contributed by atoms with E-state index < -0.39 is 11.6 Å². The van der Waals surface area contributed by atoms with E-state index in [1.807, 2.05) is 6.92 Å². The van der Waals surface area contributed by atoms with Crippen molar-refractivity contribution in [3.8, 4) is 0 Å². The van der Waals surface area contributed by atoms with Crippen LogP contribution < -0.4 is 5.32 Å². The molecule has 7 heteroatoms. The fourth-order valence-electron chi connectivity index (χ4n) is 1.66. The number of aromatic nitrogens is 2. The van der Waals surface area contributed by atoms with Crippen LogP contribution in [0.15, 0.2) is 34.2 Å². The summed E-state index contributed by atoms with van der Waals surface area (Å²) in [5.41, 5.74) is 0. The molecule has 1 heterocycles. The first-order valence-electron chi connectivity index (χ1n) is 6.36. The Morgan fingerprint density at radius 1 is 1.24 bits per heavy atom. The lowest BCUT2D eigenvalue weighted by Gasteiger charge is -2.08. The minimum Gasteiger partial charge on any atom is -0.377 e. The Labute approximate surface area is 126 Å². The van der Waals surface area contributed by atoms with Gasteiger partial charge in [0.1, 0.15) is 29.1 Å². The third-order valence-electron chi connectivity index (χ3n) is 2.49. The highest BCUT2D eigenvalue weighted by atomic mass is 32.2. The zero-order chi connectivity index (χ0) is 15.2. The van der Waals surface area contributed by atoms with Crippen LogP contribution in [0.2, 0.25) is 0 Å². The van der Waals surface area contributed by atoms with Crippen molar-refractivity contribution in [2.75, 3.05) is 19.0 Å². The van der Waals surface area contributed by atoms with Crippen LogP contribution in [0.1, 0.15) is 12.7 Å². The normalized spacial score (nSPS) is 10.7. The summed E-state index contributed by atoms with van der Waals surface area (Å²) < 4.78 is 31.6. The number of methoxy groups -OCH3 is 1. The number of nitrogens with zero attached hydrogens (tertiary/aromatic N) is 2. The van der Waals surface area contributed by atoms with Crippen molar-refractivity contribution in [3.05, 3.63) is 41.7 Å². The van der Waals surface area contributed by atoms with Gasteiger partial charge < -0.3 is 10.1 Å². The van der Waals surface area contributed by atoms with Gasteiger partial charge in [-0.05, 0) is 19.1 Å². The van der Waals surface area contributed by atoms with Gasteiger partial charge in [0, 0.05) is 30.7 Å². The van der Waals surface area contributed by atoms with Gasteiger partial charge in [0.2, 0.25) is 0 Å². The number of ether oxygens (including phenoxy) is 1. The molecule has 21 heavy (non-hydrogen) atoms. The van der Waals surface area contributed by atoms with Crippen LogP contribution in [0.5, 0.6) is 0 Å². The Morgan fingerprint density at radius 3 is 2.71 bits per heavy atom. The van der Waals surface area contributed by atoms with E-state index in [0.717, 1.165) is 17.8 Å². The molecule has 0 bridgehead atoms. The topological polar surface area (TPSA) is 47.0 Å². The molecule has 0 spiro atoms. The summed E-state index contributed by atoms with van der Waals surface area (Å²) in [4.78, 5) is 8.87. The number of hydrogen-bond donors (Lipinski definition) is 1. The summed E-state index contributed by atoms with van der Waals surface area (Å²) in [6, 6.07) is 5.18. The zero-order valence-electron chi connectivity index (χ0n) is 11.7. The quantitative estimate of drug-likeness (QED) is 0.828. The van der Waals surface area contributed by atoms with Gasteiger partial charge in [-0.1, -0.05) is 11.8 Å². The average molecular weight is 311 g/mol. The summed E-state index contributed by atoms with van der Waals surface area (Å²) in [6.07, 6.45) is 0. The first-order valence-corrected chi connectivity index (χ1v) is 7.17. The lowest BCUT2D eigenvalue weighted by molar-refractivity contribution is 0.177. The van der Waals surface area contributed by atoms with Gasteiger partial charge in [0.05, 0.1) is 0 Å². The molecule has 0 unspecified atom stereocenters. The van der Waals surface area contributed by atoms with Gasteiger partial charge in [-0.25, -0.2) is 18.7 Å². The van der Waals surface area contributed by atoms with E-state index in [1.165, 1.54) is 12.1 Å². The largest absolute Gasteiger partial charge is 0.377 e. The third kappa shape index (κ3) is 4.37. The molecule has 0 radical (unpaired) electrons. The van der Waals surface area contributed by atoms with E-state index in [1.54, 1.807) is 13.2 Å². The van der Waals surface area contributed by atoms with Crippen molar-refractivity contribution in [2.45, 2.75) is 23.5 Å².